The number of aliphatic hydroxyl groups is 1. The predicted molar refractivity (Wildman–Crippen MR) is 123 cm³/mol. The second kappa shape index (κ2) is 9.06. The fourth-order valence-corrected chi connectivity index (χ4v) is 5.12. The molecule has 1 fully saturated rings. The summed E-state index contributed by atoms with van der Waals surface area (Å²) in [5.74, 6) is 0.873. The minimum atomic E-state index is -0.578. The van der Waals surface area contributed by atoms with E-state index in [4.69, 9.17) is 14.2 Å². The zero-order chi connectivity index (χ0) is 23.9. The Morgan fingerprint density at radius 1 is 1.11 bits per heavy atom. The number of rotatable bonds is 6. The van der Waals surface area contributed by atoms with Crippen molar-refractivity contribution < 1.29 is 23.7 Å². The molecule has 3 aliphatic rings. The molecule has 3 aromatic heterocycles. The first-order valence-corrected chi connectivity index (χ1v) is 11.7. The molecule has 0 radical (unpaired) electrons. The van der Waals surface area contributed by atoms with Gasteiger partial charge in [-0.3, -0.25) is 24.2 Å². The third kappa shape index (κ3) is 4.19. The first kappa shape index (κ1) is 22.2. The maximum atomic E-state index is 14.3. The molecule has 2 N–H and O–H groups in total. The van der Waals surface area contributed by atoms with Gasteiger partial charge in [-0.1, -0.05) is 0 Å². The monoisotopic (exact) mass is 483 g/mol. The quantitative estimate of drug-likeness (QED) is 0.524. The van der Waals surface area contributed by atoms with E-state index >= 15 is 0 Å². The van der Waals surface area contributed by atoms with Crippen molar-refractivity contribution in [2.24, 2.45) is 5.92 Å². The highest BCUT2D eigenvalue weighted by atomic mass is 19.1. The molecule has 0 aliphatic carbocycles. The second-order valence-corrected chi connectivity index (χ2v) is 9.17. The molecule has 6 heterocycles. The Hall–Kier alpha value is -3.28. The van der Waals surface area contributed by atoms with E-state index in [-0.39, 0.29) is 29.9 Å². The first-order valence-electron chi connectivity index (χ1n) is 11.7. The van der Waals surface area contributed by atoms with E-state index in [1.165, 1.54) is 6.07 Å². The molecule has 10 nitrogen and oxygen atoms in total. The van der Waals surface area contributed by atoms with E-state index < -0.39 is 11.9 Å². The number of likely N-dealkylation sites (tertiary alicyclic amines) is 1. The number of hydrogen-bond donors (Lipinski definition) is 2. The van der Waals surface area contributed by atoms with Crippen LogP contribution in [0.15, 0.2) is 35.4 Å². The molecule has 0 bridgehead atoms. The van der Waals surface area contributed by atoms with Crippen molar-refractivity contribution in [3.63, 3.8) is 0 Å². The average Bonchev–Trinajstić information content (AvgIpc) is 3.21. The molecule has 0 amide bonds. The summed E-state index contributed by atoms with van der Waals surface area (Å²) in [6.07, 6.45) is 2.28. The second-order valence-electron chi connectivity index (χ2n) is 9.17. The maximum Gasteiger partial charge on any atom is 0.251 e. The summed E-state index contributed by atoms with van der Waals surface area (Å²) in [5, 5.41) is 14.0. The lowest BCUT2D eigenvalue weighted by Gasteiger charge is -2.30. The van der Waals surface area contributed by atoms with E-state index in [1.54, 1.807) is 16.8 Å². The molecule has 3 aromatic rings. The fourth-order valence-electron chi connectivity index (χ4n) is 5.12. The van der Waals surface area contributed by atoms with E-state index in [0.717, 1.165) is 11.9 Å². The van der Waals surface area contributed by atoms with Crippen LogP contribution in [0.4, 0.5) is 4.39 Å². The van der Waals surface area contributed by atoms with Crippen LogP contribution in [-0.2, 0) is 6.54 Å². The van der Waals surface area contributed by atoms with Gasteiger partial charge in [-0.25, -0.2) is 4.39 Å². The number of aliphatic hydroxyl groups excluding tert-OH is 1. The molecule has 6 rings (SSSR count). The van der Waals surface area contributed by atoms with Gasteiger partial charge in [0.2, 0.25) is 0 Å². The lowest BCUT2D eigenvalue weighted by molar-refractivity contribution is 0.134. The average molecular weight is 484 g/mol. The van der Waals surface area contributed by atoms with Crippen LogP contribution in [0.2, 0.25) is 0 Å². The summed E-state index contributed by atoms with van der Waals surface area (Å²) in [7, 11) is 0. The number of fused-ring (bicyclic) bond motifs is 1. The van der Waals surface area contributed by atoms with Crippen LogP contribution in [0.5, 0.6) is 17.2 Å². The molecule has 3 atom stereocenters. The van der Waals surface area contributed by atoms with Gasteiger partial charge in [0, 0.05) is 50.8 Å². The van der Waals surface area contributed by atoms with E-state index in [2.05, 4.69) is 20.2 Å². The third-order valence-electron chi connectivity index (χ3n) is 6.79. The Labute approximate surface area is 200 Å². The molecule has 0 saturated carbocycles. The number of nitrogens with zero attached hydrogens (tertiary/aromatic N) is 4. The molecular weight excluding hydrogens is 457 g/mol. The largest absolute Gasteiger partial charge is 0.486 e. The van der Waals surface area contributed by atoms with Crippen LogP contribution < -0.4 is 25.1 Å². The Balaban J connectivity index is 1.09. The number of hydrogen-bond acceptors (Lipinski definition) is 9. The van der Waals surface area contributed by atoms with Crippen LogP contribution >= 0.6 is 0 Å². The minimum Gasteiger partial charge on any atom is -0.486 e. The van der Waals surface area contributed by atoms with Gasteiger partial charge in [0.05, 0.1) is 35.8 Å². The topological polar surface area (TPSA) is 111 Å². The molecular formula is C24H26FN5O5. The first-order chi connectivity index (χ1) is 17.1. The zero-order valence-electron chi connectivity index (χ0n) is 19.0. The Bertz CT molecular complexity index is 1320. The van der Waals surface area contributed by atoms with Gasteiger partial charge in [0.15, 0.2) is 23.1 Å². The van der Waals surface area contributed by atoms with Gasteiger partial charge < -0.3 is 24.6 Å². The fraction of sp³-hybridized carbons (Fsp3) is 0.458. The van der Waals surface area contributed by atoms with Crippen molar-refractivity contribution in [2.75, 3.05) is 46.0 Å². The van der Waals surface area contributed by atoms with Crippen molar-refractivity contribution in [1.29, 1.82) is 0 Å². The van der Waals surface area contributed by atoms with Crippen molar-refractivity contribution in [1.82, 2.24) is 24.8 Å². The van der Waals surface area contributed by atoms with Gasteiger partial charge in [-0.2, -0.15) is 0 Å². The summed E-state index contributed by atoms with van der Waals surface area (Å²) < 4.78 is 32.7. The number of aromatic nitrogens is 3. The molecule has 0 unspecified atom stereocenters. The SMILES string of the molecule is O=c1ccc2ncc(F)c3c2n1[C@H](CN1C[C@@H](CNCc2cc4c(cn2)OCCO4)[C@H](O)C1)CO3. The highest BCUT2D eigenvalue weighted by Crippen LogP contribution is 2.33. The third-order valence-corrected chi connectivity index (χ3v) is 6.79. The standard InChI is InChI=1S/C24H26FN5O5/c25-17-8-28-18-1-2-22(32)30-16(13-35-24(17)23(18)30)11-29-10-14(19(31)12-29)6-26-7-15-5-20-21(9-27-15)34-4-3-33-20/h1-2,5,8-9,14,16,19,26,31H,3-4,6-7,10-13H2/t14-,16-,19-/m1/s1. The lowest BCUT2D eigenvalue weighted by atomic mass is 10.1. The van der Waals surface area contributed by atoms with Crippen molar-refractivity contribution in [2.45, 2.75) is 18.7 Å². The Morgan fingerprint density at radius 2 is 1.97 bits per heavy atom. The van der Waals surface area contributed by atoms with Crippen LogP contribution in [0.3, 0.4) is 0 Å². The molecule has 11 heteroatoms. The van der Waals surface area contributed by atoms with Crippen LogP contribution in [0, 0.1) is 11.7 Å². The van der Waals surface area contributed by atoms with Crippen molar-refractivity contribution >= 4 is 11.0 Å². The number of halogens is 1. The normalized spacial score (nSPS) is 23.4. The number of β-amino-alcohol motifs (C(OH)–C–C–N with tert-alkyl or cyclic N) is 1. The summed E-state index contributed by atoms with van der Waals surface area (Å²) in [6, 6.07) is 4.60. The summed E-state index contributed by atoms with van der Waals surface area (Å²) in [5.41, 5.74) is 1.52. The van der Waals surface area contributed by atoms with Crippen LogP contribution in [0.1, 0.15) is 11.7 Å². The lowest BCUT2D eigenvalue weighted by Crippen LogP contribution is -2.40. The molecule has 0 aromatic carbocycles. The summed E-state index contributed by atoms with van der Waals surface area (Å²) >= 11 is 0. The van der Waals surface area contributed by atoms with Gasteiger partial charge in [-0.15, -0.1) is 0 Å². The van der Waals surface area contributed by atoms with Gasteiger partial charge in [0.25, 0.3) is 5.56 Å². The van der Waals surface area contributed by atoms with Gasteiger partial charge in [-0.05, 0) is 6.07 Å². The smallest absolute Gasteiger partial charge is 0.251 e. The van der Waals surface area contributed by atoms with Crippen molar-refractivity contribution in [3.05, 3.63) is 52.5 Å². The Kier molecular flexibility index (Phi) is 5.75. The number of pyridine rings is 3. The van der Waals surface area contributed by atoms with Crippen molar-refractivity contribution in [3.8, 4) is 17.2 Å². The zero-order valence-corrected chi connectivity index (χ0v) is 19.0. The minimum absolute atomic E-state index is 0.0237. The molecule has 35 heavy (non-hydrogen) atoms. The highest BCUT2D eigenvalue weighted by Gasteiger charge is 2.34. The Morgan fingerprint density at radius 3 is 2.86 bits per heavy atom. The maximum absolute atomic E-state index is 14.3. The molecule has 3 aliphatic heterocycles. The van der Waals surface area contributed by atoms with E-state index in [1.807, 2.05) is 6.07 Å². The van der Waals surface area contributed by atoms with Crippen LogP contribution in [0.25, 0.3) is 11.0 Å². The number of ether oxygens (including phenoxy) is 3. The van der Waals surface area contributed by atoms with E-state index in [9.17, 15) is 14.3 Å². The van der Waals surface area contributed by atoms with Gasteiger partial charge in [0.1, 0.15) is 25.3 Å². The predicted octanol–water partition coefficient (Wildman–Crippen LogP) is 0.718. The number of nitrogens with one attached hydrogen (secondary N) is 1. The summed E-state index contributed by atoms with van der Waals surface area (Å²) in [4.78, 5) is 23.3. The summed E-state index contributed by atoms with van der Waals surface area (Å²) in [6.45, 7) is 4.05. The molecule has 1 saturated heterocycles. The highest BCUT2D eigenvalue weighted by molar-refractivity contribution is 5.82. The molecule has 184 valence electrons. The van der Waals surface area contributed by atoms with Gasteiger partial charge >= 0.3 is 0 Å². The van der Waals surface area contributed by atoms with Crippen LogP contribution in [-0.4, -0.2) is 76.6 Å². The van der Waals surface area contributed by atoms with E-state index in [0.29, 0.717) is 68.5 Å². The molecule has 0 spiro atoms.